The van der Waals surface area contributed by atoms with E-state index in [0.717, 1.165) is 31.6 Å². The lowest BCUT2D eigenvalue weighted by Gasteiger charge is -2.14. The van der Waals surface area contributed by atoms with Crippen LogP contribution in [0, 0.1) is 0 Å². The molecule has 24 heavy (non-hydrogen) atoms. The van der Waals surface area contributed by atoms with Gasteiger partial charge >= 0.3 is 0 Å². The number of likely N-dealkylation sites (tertiary alicyclic amines) is 1. The van der Waals surface area contributed by atoms with Crippen LogP contribution in [0.15, 0.2) is 41.7 Å². The van der Waals surface area contributed by atoms with E-state index in [1.54, 1.807) is 4.68 Å². The molecule has 3 heterocycles. The number of fused-ring (bicyclic) bond motifs is 1. The number of amides is 1. The minimum absolute atomic E-state index is 0.153. The number of hydrogen-bond donors (Lipinski definition) is 0. The predicted octanol–water partition coefficient (Wildman–Crippen LogP) is 1.92. The van der Waals surface area contributed by atoms with E-state index in [4.69, 9.17) is 0 Å². The highest BCUT2D eigenvalue weighted by atomic mass is 32.2. The fourth-order valence-electron chi connectivity index (χ4n) is 2.76. The SMILES string of the molecule is O=C(CSc1ncnc2c1nnn2-c1ccccc1)N1CCCC1. The van der Waals surface area contributed by atoms with Crippen molar-refractivity contribution in [1.82, 2.24) is 29.9 Å². The maximum absolute atomic E-state index is 12.2. The van der Waals surface area contributed by atoms with Crippen LogP contribution in [-0.2, 0) is 4.79 Å². The van der Waals surface area contributed by atoms with Crippen molar-refractivity contribution in [3.05, 3.63) is 36.7 Å². The number of hydrogen-bond acceptors (Lipinski definition) is 6. The summed E-state index contributed by atoms with van der Waals surface area (Å²) < 4.78 is 1.68. The van der Waals surface area contributed by atoms with Crippen LogP contribution in [0.4, 0.5) is 0 Å². The summed E-state index contributed by atoms with van der Waals surface area (Å²) in [6.07, 6.45) is 3.69. The monoisotopic (exact) mass is 340 g/mol. The van der Waals surface area contributed by atoms with Gasteiger partial charge in [-0.25, -0.2) is 9.97 Å². The fourth-order valence-corrected chi connectivity index (χ4v) is 3.60. The molecule has 7 nitrogen and oxygen atoms in total. The topological polar surface area (TPSA) is 76.8 Å². The Morgan fingerprint density at radius 3 is 2.71 bits per heavy atom. The second-order valence-corrected chi connectivity index (χ2v) is 6.53. The number of carbonyl (C=O) groups excluding carboxylic acids is 1. The molecule has 0 saturated carbocycles. The average molecular weight is 340 g/mol. The van der Waals surface area contributed by atoms with Gasteiger partial charge in [0.05, 0.1) is 11.4 Å². The number of rotatable bonds is 4. The Bertz CT molecular complexity index is 859. The van der Waals surface area contributed by atoms with Crippen LogP contribution in [0.25, 0.3) is 16.9 Å². The molecule has 1 aromatic carbocycles. The molecule has 1 fully saturated rings. The average Bonchev–Trinajstić information content (AvgIpc) is 3.30. The molecule has 0 atom stereocenters. The van der Waals surface area contributed by atoms with E-state index >= 15 is 0 Å². The first-order valence-corrected chi connectivity index (χ1v) is 8.84. The zero-order chi connectivity index (χ0) is 16.4. The van der Waals surface area contributed by atoms with Gasteiger partial charge in [0, 0.05) is 13.1 Å². The summed E-state index contributed by atoms with van der Waals surface area (Å²) in [5, 5.41) is 9.09. The van der Waals surface area contributed by atoms with Crippen molar-refractivity contribution >= 4 is 28.8 Å². The Balaban J connectivity index is 1.58. The molecule has 0 radical (unpaired) electrons. The minimum atomic E-state index is 0.153. The lowest BCUT2D eigenvalue weighted by Crippen LogP contribution is -2.29. The second kappa shape index (κ2) is 6.56. The van der Waals surface area contributed by atoms with Crippen LogP contribution < -0.4 is 0 Å². The first-order chi connectivity index (χ1) is 11.8. The van der Waals surface area contributed by atoms with Gasteiger partial charge in [-0.15, -0.1) is 5.10 Å². The summed E-state index contributed by atoms with van der Waals surface area (Å²) in [6.45, 7) is 1.73. The van der Waals surface area contributed by atoms with Crippen molar-refractivity contribution in [2.45, 2.75) is 17.9 Å². The molecule has 1 aliphatic heterocycles. The molecule has 1 aliphatic rings. The molecule has 1 amide bonds. The van der Waals surface area contributed by atoms with Crippen molar-refractivity contribution in [2.75, 3.05) is 18.8 Å². The van der Waals surface area contributed by atoms with Gasteiger partial charge in [-0.2, -0.15) is 4.68 Å². The molecule has 0 unspecified atom stereocenters. The predicted molar refractivity (Wildman–Crippen MR) is 91.0 cm³/mol. The quantitative estimate of drug-likeness (QED) is 0.533. The molecule has 0 aliphatic carbocycles. The van der Waals surface area contributed by atoms with E-state index in [0.29, 0.717) is 21.9 Å². The molecule has 0 bridgehead atoms. The standard InChI is InChI=1S/C16H16N6OS/c23-13(21-8-4-5-9-21)10-24-16-14-15(17-11-18-16)22(20-19-14)12-6-2-1-3-7-12/h1-3,6-7,11H,4-5,8-10H2. The third-order valence-electron chi connectivity index (χ3n) is 4.00. The highest BCUT2D eigenvalue weighted by Crippen LogP contribution is 2.24. The van der Waals surface area contributed by atoms with E-state index in [-0.39, 0.29) is 5.91 Å². The Morgan fingerprint density at radius 1 is 1.12 bits per heavy atom. The van der Waals surface area contributed by atoms with Crippen LogP contribution in [0.5, 0.6) is 0 Å². The zero-order valence-corrected chi connectivity index (χ0v) is 13.8. The molecule has 1 saturated heterocycles. The van der Waals surface area contributed by atoms with Gasteiger partial charge in [-0.05, 0) is 25.0 Å². The molecular weight excluding hydrogens is 324 g/mol. The van der Waals surface area contributed by atoms with Gasteiger partial charge in [-0.3, -0.25) is 4.79 Å². The smallest absolute Gasteiger partial charge is 0.232 e. The number of benzene rings is 1. The maximum Gasteiger partial charge on any atom is 0.232 e. The number of thioether (sulfide) groups is 1. The maximum atomic E-state index is 12.2. The van der Waals surface area contributed by atoms with Crippen molar-refractivity contribution in [3.8, 4) is 5.69 Å². The molecule has 8 heteroatoms. The first kappa shape index (κ1) is 15.1. The molecule has 122 valence electrons. The van der Waals surface area contributed by atoms with Crippen LogP contribution >= 0.6 is 11.8 Å². The van der Waals surface area contributed by atoms with Crippen molar-refractivity contribution in [2.24, 2.45) is 0 Å². The third kappa shape index (κ3) is 2.84. The van der Waals surface area contributed by atoms with E-state index in [9.17, 15) is 4.79 Å². The molecule has 3 aromatic rings. The zero-order valence-electron chi connectivity index (χ0n) is 13.0. The molecule has 4 rings (SSSR count). The van der Waals surface area contributed by atoms with E-state index in [1.807, 2.05) is 35.2 Å². The van der Waals surface area contributed by atoms with Crippen LogP contribution in [0.2, 0.25) is 0 Å². The van der Waals surface area contributed by atoms with Gasteiger partial charge in [0.25, 0.3) is 0 Å². The summed E-state index contributed by atoms with van der Waals surface area (Å²) in [5.74, 6) is 0.518. The highest BCUT2D eigenvalue weighted by molar-refractivity contribution is 8.00. The van der Waals surface area contributed by atoms with Crippen LogP contribution in [0.3, 0.4) is 0 Å². The van der Waals surface area contributed by atoms with Gasteiger partial charge in [0.1, 0.15) is 11.4 Å². The Morgan fingerprint density at radius 2 is 1.92 bits per heavy atom. The van der Waals surface area contributed by atoms with Crippen LogP contribution in [-0.4, -0.2) is 54.6 Å². The summed E-state index contributed by atoms with van der Waals surface area (Å²) >= 11 is 1.40. The summed E-state index contributed by atoms with van der Waals surface area (Å²) in [4.78, 5) is 22.7. The molecule has 0 spiro atoms. The van der Waals surface area contributed by atoms with Crippen molar-refractivity contribution < 1.29 is 4.79 Å². The Labute approximate surface area is 143 Å². The number of carbonyl (C=O) groups is 1. The lowest BCUT2D eigenvalue weighted by atomic mass is 10.3. The summed E-state index contributed by atoms with van der Waals surface area (Å²) in [5.41, 5.74) is 2.16. The summed E-state index contributed by atoms with van der Waals surface area (Å²) in [6, 6.07) is 9.71. The largest absolute Gasteiger partial charge is 0.342 e. The molecule has 2 aromatic heterocycles. The highest BCUT2D eigenvalue weighted by Gasteiger charge is 2.19. The van der Waals surface area contributed by atoms with Crippen molar-refractivity contribution in [1.29, 1.82) is 0 Å². The molecular formula is C16H16N6OS. The van der Waals surface area contributed by atoms with Gasteiger partial charge in [-0.1, -0.05) is 35.2 Å². The Hall–Kier alpha value is -2.48. The van der Waals surface area contributed by atoms with Gasteiger partial charge in [0.15, 0.2) is 11.2 Å². The number of nitrogens with zero attached hydrogens (tertiary/aromatic N) is 6. The Kier molecular flexibility index (Phi) is 4.12. The lowest BCUT2D eigenvalue weighted by molar-refractivity contribution is -0.127. The molecule has 0 N–H and O–H groups in total. The van der Waals surface area contributed by atoms with E-state index < -0.39 is 0 Å². The van der Waals surface area contributed by atoms with Crippen LogP contribution in [0.1, 0.15) is 12.8 Å². The fraction of sp³-hybridized carbons (Fsp3) is 0.312. The van der Waals surface area contributed by atoms with Crippen molar-refractivity contribution in [3.63, 3.8) is 0 Å². The number of para-hydroxylation sites is 1. The summed E-state index contributed by atoms with van der Waals surface area (Å²) in [7, 11) is 0. The number of aromatic nitrogens is 5. The third-order valence-corrected chi connectivity index (χ3v) is 4.96. The van der Waals surface area contributed by atoms with E-state index in [2.05, 4.69) is 20.3 Å². The van der Waals surface area contributed by atoms with Gasteiger partial charge in [0.2, 0.25) is 5.91 Å². The first-order valence-electron chi connectivity index (χ1n) is 7.85. The second-order valence-electron chi connectivity index (χ2n) is 5.56. The van der Waals surface area contributed by atoms with E-state index in [1.165, 1.54) is 18.1 Å². The van der Waals surface area contributed by atoms with Gasteiger partial charge < -0.3 is 4.90 Å². The normalized spacial score (nSPS) is 14.4. The minimum Gasteiger partial charge on any atom is -0.342 e.